The Labute approximate surface area is 170 Å². The molecule has 142 valence electrons. The quantitative estimate of drug-likeness (QED) is 0.359. The third-order valence-electron chi connectivity index (χ3n) is 3.37. The third-order valence-corrected chi connectivity index (χ3v) is 4.29. The average molecular weight is 501 g/mol. The van der Waals surface area contributed by atoms with Crippen molar-refractivity contribution < 1.29 is 19.1 Å². The number of anilines is 2. The standard InChI is InChI=1S/C8H6BrN3O2.C8H9BrN2O2/c1-14-8(13)5-2-4(9)3-6-7(5)11-12-10-6;1-13-8(12)5-2-4(9)3-6(10)7(5)11/h2-3H,1H3,(H,10,11,12);2-3H,10-11H2,1H3. The predicted octanol–water partition coefficient (Wildman–Crippen LogP) is 2.91. The van der Waals surface area contributed by atoms with E-state index in [1.165, 1.54) is 14.2 Å². The number of nitrogens with two attached hydrogens (primary N) is 2. The van der Waals surface area contributed by atoms with Crippen LogP contribution in [0.15, 0.2) is 33.2 Å². The lowest BCUT2D eigenvalue weighted by molar-refractivity contribution is 0.0593. The summed E-state index contributed by atoms with van der Waals surface area (Å²) >= 11 is 6.48. The normalized spacial score (nSPS) is 10.1. The minimum absolute atomic E-state index is 0.245. The Morgan fingerprint density at radius 3 is 2.11 bits per heavy atom. The molecule has 5 N–H and O–H groups in total. The minimum Gasteiger partial charge on any atom is -0.465 e. The number of nitrogens with one attached hydrogen (secondary N) is 1. The first kappa shape index (κ1) is 20.6. The zero-order chi connectivity index (χ0) is 20.1. The van der Waals surface area contributed by atoms with Gasteiger partial charge in [-0.2, -0.15) is 15.4 Å². The number of nitrogen functional groups attached to an aromatic ring is 2. The number of aromatic nitrogens is 3. The average Bonchev–Trinajstić information content (AvgIpc) is 3.11. The van der Waals surface area contributed by atoms with E-state index in [9.17, 15) is 9.59 Å². The van der Waals surface area contributed by atoms with E-state index in [1.54, 1.807) is 24.3 Å². The zero-order valence-corrected chi connectivity index (χ0v) is 17.4. The summed E-state index contributed by atoms with van der Waals surface area (Å²) in [5, 5.41) is 10.2. The molecule has 3 rings (SSSR count). The van der Waals surface area contributed by atoms with Gasteiger partial charge in [-0.15, -0.1) is 0 Å². The van der Waals surface area contributed by atoms with Crippen molar-refractivity contribution in [3.05, 3.63) is 44.3 Å². The smallest absolute Gasteiger partial charge is 0.340 e. The molecule has 1 heterocycles. The van der Waals surface area contributed by atoms with E-state index in [2.05, 4.69) is 56.7 Å². The lowest BCUT2D eigenvalue weighted by Crippen LogP contribution is -2.07. The number of halogens is 2. The number of rotatable bonds is 2. The van der Waals surface area contributed by atoms with Crippen LogP contribution in [0, 0.1) is 0 Å². The Morgan fingerprint density at radius 2 is 1.48 bits per heavy atom. The fourth-order valence-electron chi connectivity index (χ4n) is 2.10. The van der Waals surface area contributed by atoms with Crippen LogP contribution in [0.25, 0.3) is 11.0 Å². The molecule has 0 amide bonds. The monoisotopic (exact) mass is 499 g/mol. The van der Waals surface area contributed by atoms with Crippen molar-refractivity contribution in [2.24, 2.45) is 0 Å². The molecule has 9 nitrogen and oxygen atoms in total. The Morgan fingerprint density at radius 1 is 0.926 bits per heavy atom. The Kier molecular flexibility index (Phi) is 6.75. The van der Waals surface area contributed by atoms with Crippen molar-refractivity contribution in [2.45, 2.75) is 0 Å². The lowest BCUT2D eigenvalue weighted by atomic mass is 10.1. The number of aromatic amines is 1. The fraction of sp³-hybridized carbons (Fsp3) is 0.125. The second kappa shape index (κ2) is 8.82. The number of benzene rings is 2. The topological polar surface area (TPSA) is 146 Å². The van der Waals surface area contributed by atoms with Crippen LogP contribution in [0.2, 0.25) is 0 Å². The molecule has 0 saturated carbocycles. The molecule has 0 radical (unpaired) electrons. The Bertz CT molecular complexity index is 1010. The maximum atomic E-state index is 11.4. The molecule has 0 atom stereocenters. The first-order valence-corrected chi connectivity index (χ1v) is 8.88. The maximum absolute atomic E-state index is 11.4. The highest BCUT2D eigenvalue weighted by Gasteiger charge is 2.14. The maximum Gasteiger partial charge on any atom is 0.340 e. The van der Waals surface area contributed by atoms with Crippen LogP contribution in [0.3, 0.4) is 0 Å². The first-order chi connectivity index (χ1) is 12.8. The van der Waals surface area contributed by atoms with Crippen LogP contribution in [-0.4, -0.2) is 41.6 Å². The third kappa shape index (κ3) is 4.74. The molecule has 0 saturated heterocycles. The van der Waals surface area contributed by atoms with Gasteiger partial charge in [-0.05, 0) is 24.3 Å². The van der Waals surface area contributed by atoms with E-state index in [4.69, 9.17) is 11.5 Å². The predicted molar refractivity (Wildman–Crippen MR) is 107 cm³/mol. The highest BCUT2D eigenvalue weighted by molar-refractivity contribution is 9.10. The van der Waals surface area contributed by atoms with Crippen molar-refractivity contribution in [1.29, 1.82) is 0 Å². The number of ether oxygens (including phenoxy) is 2. The molecule has 0 aliphatic carbocycles. The van der Waals surface area contributed by atoms with Crippen molar-refractivity contribution in [1.82, 2.24) is 15.4 Å². The SMILES string of the molecule is COC(=O)c1cc(Br)cc(N)c1N.COC(=O)c1cc(Br)cc2n[nH]nc12. The summed E-state index contributed by atoms with van der Waals surface area (Å²) in [5.74, 6) is -0.921. The number of carbonyl (C=O) groups excluding carboxylic acids is 2. The van der Waals surface area contributed by atoms with Crippen LogP contribution in [0.5, 0.6) is 0 Å². The number of methoxy groups -OCH3 is 2. The zero-order valence-electron chi connectivity index (χ0n) is 14.2. The van der Waals surface area contributed by atoms with Gasteiger partial charge in [-0.3, -0.25) is 0 Å². The molecule has 2 aromatic carbocycles. The first-order valence-electron chi connectivity index (χ1n) is 7.29. The highest BCUT2D eigenvalue weighted by atomic mass is 79.9. The highest BCUT2D eigenvalue weighted by Crippen LogP contribution is 2.26. The fourth-order valence-corrected chi connectivity index (χ4v) is 3.02. The molecule has 27 heavy (non-hydrogen) atoms. The van der Waals surface area contributed by atoms with Gasteiger partial charge in [-0.25, -0.2) is 9.59 Å². The number of H-pyrrole nitrogens is 1. The summed E-state index contributed by atoms with van der Waals surface area (Å²) in [6.45, 7) is 0. The van der Waals surface area contributed by atoms with E-state index in [0.717, 1.165) is 4.47 Å². The van der Waals surface area contributed by atoms with Crippen molar-refractivity contribution in [3.63, 3.8) is 0 Å². The lowest BCUT2D eigenvalue weighted by Gasteiger charge is -2.06. The molecule has 0 unspecified atom stereocenters. The van der Waals surface area contributed by atoms with E-state index >= 15 is 0 Å². The molecular formula is C16H15Br2N5O4. The summed E-state index contributed by atoms with van der Waals surface area (Å²) in [4.78, 5) is 22.5. The molecule has 11 heteroatoms. The van der Waals surface area contributed by atoms with Gasteiger partial charge in [0.25, 0.3) is 0 Å². The second-order valence-corrected chi connectivity index (χ2v) is 6.92. The van der Waals surface area contributed by atoms with Gasteiger partial charge >= 0.3 is 11.9 Å². The summed E-state index contributed by atoms with van der Waals surface area (Å²) < 4.78 is 10.6. The van der Waals surface area contributed by atoms with Gasteiger partial charge in [0.15, 0.2) is 0 Å². The van der Waals surface area contributed by atoms with Crippen LogP contribution >= 0.6 is 31.9 Å². The van der Waals surface area contributed by atoms with E-state index < -0.39 is 11.9 Å². The van der Waals surface area contributed by atoms with Gasteiger partial charge in [0.05, 0.1) is 36.7 Å². The van der Waals surface area contributed by atoms with Gasteiger partial charge < -0.3 is 20.9 Å². The summed E-state index contributed by atoms with van der Waals surface area (Å²) in [6, 6.07) is 6.61. The number of nitrogens with zero attached hydrogens (tertiary/aromatic N) is 2. The van der Waals surface area contributed by atoms with Crippen LogP contribution in [0.1, 0.15) is 20.7 Å². The van der Waals surface area contributed by atoms with Crippen LogP contribution in [0.4, 0.5) is 11.4 Å². The summed E-state index contributed by atoms with van der Waals surface area (Å²) in [7, 11) is 2.62. The Balaban J connectivity index is 0.000000194. The largest absolute Gasteiger partial charge is 0.465 e. The molecular weight excluding hydrogens is 486 g/mol. The number of hydrogen-bond acceptors (Lipinski definition) is 8. The summed E-state index contributed by atoms with van der Waals surface area (Å²) in [5.41, 5.74) is 13.5. The number of carbonyl (C=O) groups is 2. The Hall–Kier alpha value is -2.66. The van der Waals surface area contributed by atoms with Gasteiger partial charge in [0, 0.05) is 8.95 Å². The van der Waals surface area contributed by atoms with Gasteiger partial charge in [0.2, 0.25) is 0 Å². The number of fused-ring (bicyclic) bond motifs is 1. The van der Waals surface area contributed by atoms with E-state index in [-0.39, 0.29) is 11.3 Å². The molecule has 0 bridgehead atoms. The molecule has 0 fully saturated rings. The van der Waals surface area contributed by atoms with Gasteiger partial charge in [-0.1, -0.05) is 31.9 Å². The molecule has 0 aliphatic rings. The number of hydrogen-bond donors (Lipinski definition) is 3. The number of esters is 2. The molecule has 1 aromatic heterocycles. The van der Waals surface area contributed by atoms with Crippen LogP contribution < -0.4 is 11.5 Å². The van der Waals surface area contributed by atoms with E-state index in [1.807, 2.05) is 0 Å². The second-order valence-electron chi connectivity index (χ2n) is 5.08. The van der Waals surface area contributed by atoms with Crippen molar-refractivity contribution in [2.75, 3.05) is 25.7 Å². The van der Waals surface area contributed by atoms with Crippen molar-refractivity contribution >= 4 is 66.2 Å². The molecule has 0 aliphatic heterocycles. The molecule has 3 aromatic rings. The van der Waals surface area contributed by atoms with Crippen molar-refractivity contribution in [3.8, 4) is 0 Å². The van der Waals surface area contributed by atoms with E-state index in [0.29, 0.717) is 26.8 Å². The summed E-state index contributed by atoms with van der Waals surface area (Å²) in [6.07, 6.45) is 0. The van der Waals surface area contributed by atoms with Crippen LogP contribution in [-0.2, 0) is 9.47 Å². The molecule has 0 spiro atoms. The van der Waals surface area contributed by atoms with Gasteiger partial charge in [0.1, 0.15) is 11.0 Å². The minimum atomic E-state index is -0.495.